The summed E-state index contributed by atoms with van der Waals surface area (Å²) in [6.07, 6.45) is 0.279. The van der Waals surface area contributed by atoms with E-state index in [-0.39, 0.29) is 12.3 Å². The summed E-state index contributed by atoms with van der Waals surface area (Å²) in [5.74, 6) is 0.350. The normalized spacial score (nSPS) is 11.7. The maximum absolute atomic E-state index is 12.2. The Morgan fingerprint density at radius 2 is 2.05 bits per heavy atom. The van der Waals surface area contributed by atoms with Gasteiger partial charge >= 0.3 is 0 Å². The standard InChI is InChI=1S/C17H18N2O2/c1-11-5-4-6-16(13(11)3)19-17(20)14(10-18)9-15-8-7-12(2)21-15/h4-8,14H,9H2,1-3H3,(H,19,20)/t14-/m1/s1. The van der Waals surface area contributed by atoms with E-state index in [9.17, 15) is 10.1 Å². The van der Waals surface area contributed by atoms with E-state index >= 15 is 0 Å². The van der Waals surface area contributed by atoms with Gasteiger partial charge in [-0.1, -0.05) is 12.1 Å². The van der Waals surface area contributed by atoms with Crippen LogP contribution in [-0.2, 0) is 11.2 Å². The zero-order valence-corrected chi connectivity index (χ0v) is 12.4. The lowest BCUT2D eigenvalue weighted by Gasteiger charge is -2.12. The lowest BCUT2D eigenvalue weighted by Crippen LogP contribution is -2.23. The van der Waals surface area contributed by atoms with Gasteiger partial charge in [-0.2, -0.15) is 5.26 Å². The van der Waals surface area contributed by atoms with Crippen LogP contribution in [0.15, 0.2) is 34.7 Å². The van der Waals surface area contributed by atoms with Crippen molar-refractivity contribution in [1.82, 2.24) is 0 Å². The number of benzene rings is 1. The predicted octanol–water partition coefficient (Wildman–Crippen LogP) is 3.53. The van der Waals surface area contributed by atoms with Gasteiger partial charge in [0.05, 0.1) is 6.07 Å². The summed E-state index contributed by atoms with van der Waals surface area (Å²) < 4.78 is 5.43. The summed E-state index contributed by atoms with van der Waals surface area (Å²) in [6.45, 7) is 5.77. The number of nitrogens with one attached hydrogen (secondary N) is 1. The van der Waals surface area contributed by atoms with E-state index in [0.717, 1.165) is 22.6 Å². The number of aryl methyl sites for hydroxylation is 2. The molecule has 21 heavy (non-hydrogen) atoms. The van der Waals surface area contributed by atoms with Gasteiger partial charge in [0.15, 0.2) is 0 Å². The molecule has 0 saturated carbocycles. The Kier molecular flexibility index (Phi) is 4.44. The highest BCUT2D eigenvalue weighted by Crippen LogP contribution is 2.20. The molecule has 1 aromatic carbocycles. The molecule has 1 amide bonds. The van der Waals surface area contributed by atoms with Crippen LogP contribution in [0.25, 0.3) is 0 Å². The number of amides is 1. The van der Waals surface area contributed by atoms with Gasteiger partial charge < -0.3 is 9.73 Å². The molecular formula is C17H18N2O2. The van der Waals surface area contributed by atoms with E-state index in [4.69, 9.17) is 4.42 Å². The molecule has 0 spiro atoms. The summed E-state index contributed by atoms with van der Waals surface area (Å²) in [4.78, 5) is 12.2. The first-order valence-electron chi connectivity index (χ1n) is 6.83. The maximum atomic E-state index is 12.2. The zero-order valence-electron chi connectivity index (χ0n) is 12.4. The Hall–Kier alpha value is -2.54. The second-order valence-electron chi connectivity index (χ2n) is 5.13. The molecule has 1 heterocycles. The van der Waals surface area contributed by atoms with Crippen LogP contribution >= 0.6 is 0 Å². The Labute approximate surface area is 124 Å². The first kappa shape index (κ1) is 14.9. The molecule has 1 N–H and O–H groups in total. The minimum atomic E-state index is -0.768. The van der Waals surface area contributed by atoms with Crippen LogP contribution in [0.2, 0.25) is 0 Å². The average Bonchev–Trinajstić information content (AvgIpc) is 2.86. The monoisotopic (exact) mass is 282 g/mol. The van der Waals surface area contributed by atoms with E-state index in [1.165, 1.54) is 0 Å². The van der Waals surface area contributed by atoms with Crippen molar-refractivity contribution in [2.24, 2.45) is 5.92 Å². The van der Waals surface area contributed by atoms with Crippen molar-refractivity contribution in [3.05, 3.63) is 53.0 Å². The third-order valence-corrected chi connectivity index (χ3v) is 3.54. The van der Waals surface area contributed by atoms with E-state index in [2.05, 4.69) is 5.32 Å². The van der Waals surface area contributed by atoms with Crippen LogP contribution in [0.5, 0.6) is 0 Å². The molecule has 0 radical (unpaired) electrons. The number of hydrogen-bond donors (Lipinski definition) is 1. The maximum Gasteiger partial charge on any atom is 0.242 e. The highest BCUT2D eigenvalue weighted by molar-refractivity contribution is 5.95. The van der Waals surface area contributed by atoms with Gasteiger partial charge in [0.1, 0.15) is 17.4 Å². The van der Waals surface area contributed by atoms with Crippen molar-refractivity contribution in [1.29, 1.82) is 5.26 Å². The lowest BCUT2D eigenvalue weighted by molar-refractivity contribution is -0.118. The molecular weight excluding hydrogens is 264 g/mol. The number of anilines is 1. The quantitative estimate of drug-likeness (QED) is 0.933. The third kappa shape index (κ3) is 3.51. The van der Waals surface area contributed by atoms with Crippen LogP contribution in [0.1, 0.15) is 22.6 Å². The first-order chi connectivity index (χ1) is 10.0. The minimum absolute atomic E-state index is 0.279. The van der Waals surface area contributed by atoms with Gasteiger partial charge in [-0.25, -0.2) is 0 Å². The van der Waals surface area contributed by atoms with Crippen molar-refractivity contribution in [3.8, 4) is 6.07 Å². The molecule has 1 atom stereocenters. The van der Waals surface area contributed by atoms with Crippen molar-refractivity contribution in [2.45, 2.75) is 27.2 Å². The van der Waals surface area contributed by atoms with Crippen LogP contribution in [0.4, 0.5) is 5.69 Å². The largest absolute Gasteiger partial charge is 0.466 e. The predicted molar refractivity (Wildman–Crippen MR) is 80.8 cm³/mol. The van der Waals surface area contributed by atoms with Gasteiger partial charge in [-0.05, 0) is 50.1 Å². The molecule has 0 bridgehead atoms. The summed E-state index contributed by atoms with van der Waals surface area (Å²) in [6, 6.07) is 11.4. The fourth-order valence-electron chi connectivity index (χ4n) is 2.10. The van der Waals surface area contributed by atoms with Gasteiger partial charge in [-0.15, -0.1) is 0 Å². The molecule has 108 valence electrons. The lowest BCUT2D eigenvalue weighted by atomic mass is 10.0. The Morgan fingerprint density at radius 3 is 2.67 bits per heavy atom. The molecule has 0 aliphatic rings. The summed E-state index contributed by atoms with van der Waals surface area (Å²) in [5.41, 5.74) is 2.86. The molecule has 4 nitrogen and oxygen atoms in total. The van der Waals surface area contributed by atoms with E-state index in [1.54, 1.807) is 6.07 Å². The minimum Gasteiger partial charge on any atom is -0.466 e. The third-order valence-electron chi connectivity index (χ3n) is 3.54. The fourth-order valence-corrected chi connectivity index (χ4v) is 2.10. The van der Waals surface area contributed by atoms with Gasteiger partial charge in [0.25, 0.3) is 0 Å². The molecule has 2 aromatic rings. The Bertz CT molecular complexity index is 695. The number of nitriles is 1. The van der Waals surface area contributed by atoms with E-state index in [1.807, 2.05) is 51.1 Å². The van der Waals surface area contributed by atoms with Crippen LogP contribution < -0.4 is 5.32 Å². The number of carbonyl (C=O) groups is 1. The molecule has 2 rings (SSSR count). The number of furan rings is 1. The number of rotatable bonds is 4. The molecule has 0 fully saturated rings. The van der Waals surface area contributed by atoms with Crippen LogP contribution in [-0.4, -0.2) is 5.91 Å². The van der Waals surface area contributed by atoms with Crippen molar-refractivity contribution < 1.29 is 9.21 Å². The Balaban J connectivity index is 2.10. The molecule has 0 saturated heterocycles. The molecule has 1 aromatic heterocycles. The van der Waals surface area contributed by atoms with Crippen molar-refractivity contribution in [2.75, 3.05) is 5.32 Å². The number of carbonyl (C=O) groups excluding carboxylic acids is 1. The summed E-state index contributed by atoms with van der Waals surface area (Å²) in [7, 11) is 0. The zero-order chi connectivity index (χ0) is 15.4. The molecule has 0 unspecified atom stereocenters. The van der Waals surface area contributed by atoms with Gasteiger partial charge in [0, 0.05) is 12.1 Å². The first-order valence-corrected chi connectivity index (χ1v) is 6.83. The van der Waals surface area contributed by atoms with Gasteiger partial charge in [0.2, 0.25) is 5.91 Å². The second-order valence-corrected chi connectivity index (χ2v) is 5.13. The van der Waals surface area contributed by atoms with Crippen molar-refractivity contribution in [3.63, 3.8) is 0 Å². The van der Waals surface area contributed by atoms with E-state index in [0.29, 0.717) is 5.76 Å². The van der Waals surface area contributed by atoms with Crippen molar-refractivity contribution >= 4 is 11.6 Å². The smallest absolute Gasteiger partial charge is 0.242 e. The fraction of sp³-hybridized carbons (Fsp3) is 0.294. The van der Waals surface area contributed by atoms with Crippen LogP contribution in [0.3, 0.4) is 0 Å². The average molecular weight is 282 g/mol. The summed E-state index contributed by atoms with van der Waals surface area (Å²) >= 11 is 0. The SMILES string of the molecule is Cc1ccc(C[C@H](C#N)C(=O)Nc2cccc(C)c2C)o1. The second kappa shape index (κ2) is 6.27. The van der Waals surface area contributed by atoms with E-state index < -0.39 is 5.92 Å². The van der Waals surface area contributed by atoms with Crippen LogP contribution in [0, 0.1) is 38.0 Å². The van der Waals surface area contributed by atoms with Gasteiger partial charge in [-0.3, -0.25) is 4.79 Å². The molecule has 4 heteroatoms. The number of hydrogen-bond acceptors (Lipinski definition) is 3. The molecule has 0 aliphatic heterocycles. The molecule has 0 aliphatic carbocycles. The topological polar surface area (TPSA) is 66.0 Å². The summed E-state index contributed by atoms with van der Waals surface area (Å²) in [5, 5.41) is 12.0. The number of nitrogens with zero attached hydrogens (tertiary/aromatic N) is 1. The highest BCUT2D eigenvalue weighted by atomic mass is 16.3. The Morgan fingerprint density at radius 1 is 1.29 bits per heavy atom. The highest BCUT2D eigenvalue weighted by Gasteiger charge is 2.20.